The fourth-order valence-electron chi connectivity index (χ4n) is 4.36. The van der Waals surface area contributed by atoms with E-state index >= 15 is 0 Å². The molecule has 4 aromatic rings. The van der Waals surface area contributed by atoms with Crippen LogP contribution in [-0.2, 0) is 24.3 Å². The molecule has 1 atom stereocenters. The number of amides is 1. The summed E-state index contributed by atoms with van der Waals surface area (Å²) in [5, 5.41) is 2.58. The van der Waals surface area contributed by atoms with Crippen molar-refractivity contribution in [2.45, 2.75) is 24.3 Å². The third-order valence-corrected chi connectivity index (χ3v) is 6.70. The van der Waals surface area contributed by atoms with Crippen molar-refractivity contribution in [1.82, 2.24) is 5.32 Å². The number of halogens is 9. The standard InChI is InChI=1S/C29H18BrF8NO/c30-22-8-4-7-19(13-22)27(16-17-5-2-1-3-6-17,20-12-21(28(33,34)35)15-23(31)14-20)39-26(40)18-9-10-25(32)24(11-18)29(36,37)38/h1-15H,16H2,(H,39,40). The lowest BCUT2D eigenvalue weighted by molar-refractivity contribution is -0.140. The molecule has 0 aliphatic rings. The number of carbonyl (C=O) groups is 1. The number of rotatable bonds is 6. The van der Waals surface area contributed by atoms with Gasteiger partial charge in [-0.2, -0.15) is 26.3 Å². The molecule has 0 heterocycles. The van der Waals surface area contributed by atoms with E-state index in [1.54, 1.807) is 36.4 Å². The topological polar surface area (TPSA) is 29.1 Å². The van der Waals surface area contributed by atoms with E-state index in [0.29, 0.717) is 34.3 Å². The van der Waals surface area contributed by atoms with Crippen LogP contribution in [0.5, 0.6) is 0 Å². The van der Waals surface area contributed by atoms with Gasteiger partial charge < -0.3 is 5.32 Å². The number of benzene rings is 4. The van der Waals surface area contributed by atoms with Gasteiger partial charge in [0.25, 0.3) is 5.91 Å². The highest BCUT2D eigenvalue weighted by atomic mass is 79.9. The van der Waals surface area contributed by atoms with Crippen LogP contribution in [-0.4, -0.2) is 5.91 Å². The van der Waals surface area contributed by atoms with E-state index in [1.807, 2.05) is 0 Å². The largest absolute Gasteiger partial charge is 0.419 e. The Balaban J connectivity index is 1.99. The Morgan fingerprint density at radius 1 is 0.700 bits per heavy atom. The molecule has 0 saturated heterocycles. The first-order chi connectivity index (χ1) is 18.7. The van der Waals surface area contributed by atoms with Crippen molar-refractivity contribution >= 4 is 21.8 Å². The van der Waals surface area contributed by atoms with Crippen LogP contribution in [0.4, 0.5) is 35.1 Å². The van der Waals surface area contributed by atoms with Gasteiger partial charge in [-0.25, -0.2) is 8.78 Å². The zero-order valence-corrected chi connectivity index (χ0v) is 21.8. The first-order valence-electron chi connectivity index (χ1n) is 11.6. The molecule has 0 radical (unpaired) electrons. The minimum Gasteiger partial charge on any atom is -0.338 e. The van der Waals surface area contributed by atoms with E-state index in [4.69, 9.17) is 0 Å². The zero-order chi connectivity index (χ0) is 29.3. The second-order valence-electron chi connectivity index (χ2n) is 8.95. The van der Waals surface area contributed by atoms with Crippen LogP contribution in [0.25, 0.3) is 0 Å². The maximum atomic E-state index is 14.7. The van der Waals surface area contributed by atoms with Crippen molar-refractivity contribution in [3.63, 3.8) is 0 Å². The minimum absolute atomic E-state index is 0.205. The smallest absolute Gasteiger partial charge is 0.338 e. The summed E-state index contributed by atoms with van der Waals surface area (Å²) in [5.41, 5.74) is -5.14. The van der Waals surface area contributed by atoms with Gasteiger partial charge in [0.05, 0.1) is 16.7 Å². The molecule has 4 rings (SSSR count). The zero-order valence-electron chi connectivity index (χ0n) is 20.2. The van der Waals surface area contributed by atoms with Gasteiger partial charge in [-0.1, -0.05) is 58.4 Å². The third kappa shape index (κ3) is 6.35. The number of nitrogens with one attached hydrogen (secondary N) is 1. The molecule has 40 heavy (non-hydrogen) atoms. The molecule has 11 heteroatoms. The van der Waals surface area contributed by atoms with Gasteiger partial charge in [0.2, 0.25) is 0 Å². The molecule has 4 aromatic carbocycles. The number of alkyl halides is 6. The molecule has 0 aliphatic heterocycles. The molecule has 208 valence electrons. The highest BCUT2D eigenvalue weighted by Gasteiger charge is 2.41. The monoisotopic (exact) mass is 627 g/mol. The Morgan fingerprint density at radius 2 is 1.38 bits per heavy atom. The van der Waals surface area contributed by atoms with Crippen molar-refractivity contribution in [2.75, 3.05) is 0 Å². The van der Waals surface area contributed by atoms with E-state index in [0.717, 1.165) is 12.1 Å². The Hall–Kier alpha value is -3.73. The van der Waals surface area contributed by atoms with Crippen LogP contribution in [0.3, 0.4) is 0 Å². The molecule has 0 spiro atoms. The summed E-state index contributed by atoms with van der Waals surface area (Å²) in [6, 6.07) is 17.8. The van der Waals surface area contributed by atoms with Gasteiger partial charge >= 0.3 is 12.4 Å². The molecule has 1 N–H and O–H groups in total. The number of hydrogen-bond acceptors (Lipinski definition) is 1. The lowest BCUT2D eigenvalue weighted by atomic mass is 9.77. The minimum atomic E-state index is -5.12. The second kappa shape index (κ2) is 11.0. The van der Waals surface area contributed by atoms with E-state index in [-0.39, 0.29) is 17.5 Å². The maximum Gasteiger partial charge on any atom is 0.419 e. The van der Waals surface area contributed by atoms with Crippen LogP contribution in [0, 0.1) is 11.6 Å². The number of hydrogen-bond donors (Lipinski definition) is 1. The Bertz CT molecular complexity index is 1540. The first kappa shape index (κ1) is 29.3. The predicted molar refractivity (Wildman–Crippen MR) is 135 cm³/mol. The summed E-state index contributed by atoms with van der Waals surface area (Å²) >= 11 is 3.29. The SMILES string of the molecule is O=C(NC(Cc1ccccc1)(c1cccc(Br)c1)c1cc(F)cc(C(F)(F)F)c1)c1ccc(F)c(C(F)(F)F)c1. The lowest BCUT2D eigenvalue weighted by Crippen LogP contribution is -2.49. The summed E-state index contributed by atoms with van der Waals surface area (Å²) in [7, 11) is 0. The average Bonchev–Trinajstić information content (AvgIpc) is 2.87. The van der Waals surface area contributed by atoms with Crippen LogP contribution < -0.4 is 5.32 Å². The average molecular weight is 628 g/mol. The molecule has 0 saturated carbocycles. The highest BCUT2D eigenvalue weighted by Crippen LogP contribution is 2.39. The van der Waals surface area contributed by atoms with Crippen molar-refractivity contribution in [3.05, 3.63) is 140 Å². The Kier molecular flexibility index (Phi) is 8.07. The van der Waals surface area contributed by atoms with Gasteiger partial charge in [0.15, 0.2) is 0 Å². The predicted octanol–water partition coefficient (Wildman–Crippen LogP) is 8.68. The molecule has 2 nitrogen and oxygen atoms in total. The van der Waals surface area contributed by atoms with E-state index in [2.05, 4.69) is 21.2 Å². The molecular weight excluding hydrogens is 610 g/mol. The summed E-state index contributed by atoms with van der Waals surface area (Å²) < 4.78 is 110. The van der Waals surface area contributed by atoms with Crippen LogP contribution in [0.1, 0.15) is 38.2 Å². The maximum absolute atomic E-state index is 14.7. The Morgan fingerprint density at radius 3 is 2.00 bits per heavy atom. The van der Waals surface area contributed by atoms with Crippen LogP contribution in [0.2, 0.25) is 0 Å². The van der Waals surface area contributed by atoms with Gasteiger partial charge in [-0.05, 0) is 65.2 Å². The summed E-state index contributed by atoms with van der Waals surface area (Å²) in [6.45, 7) is 0. The van der Waals surface area contributed by atoms with Crippen molar-refractivity contribution in [2.24, 2.45) is 0 Å². The van der Waals surface area contributed by atoms with E-state index in [1.165, 1.54) is 18.2 Å². The van der Waals surface area contributed by atoms with Crippen LogP contribution >= 0.6 is 15.9 Å². The molecule has 1 amide bonds. The van der Waals surface area contributed by atoms with Gasteiger partial charge in [0.1, 0.15) is 11.6 Å². The van der Waals surface area contributed by atoms with Gasteiger partial charge in [0, 0.05) is 16.5 Å². The summed E-state index contributed by atoms with van der Waals surface area (Å²) in [5.74, 6) is -4.00. The third-order valence-electron chi connectivity index (χ3n) is 6.21. The molecule has 1 unspecified atom stereocenters. The number of carbonyl (C=O) groups excluding carboxylic acids is 1. The molecule has 0 fully saturated rings. The molecular formula is C29H18BrF8NO. The summed E-state index contributed by atoms with van der Waals surface area (Å²) in [6.07, 6.45) is -10.3. The van der Waals surface area contributed by atoms with Crippen molar-refractivity contribution in [1.29, 1.82) is 0 Å². The van der Waals surface area contributed by atoms with Gasteiger partial charge in [-0.3, -0.25) is 4.79 Å². The highest BCUT2D eigenvalue weighted by molar-refractivity contribution is 9.10. The quantitative estimate of drug-likeness (QED) is 0.213. The van der Waals surface area contributed by atoms with Gasteiger partial charge in [-0.15, -0.1) is 0 Å². The fourth-order valence-corrected chi connectivity index (χ4v) is 4.76. The lowest BCUT2D eigenvalue weighted by Gasteiger charge is -2.37. The molecule has 0 aliphatic carbocycles. The normalized spacial score (nSPS) is 13.5. The summed E-state index contributed by atoms with van der Waals surface area (Å²) in [4.78, 5) is 13.5. The molecule has 0 bridgehead atoms. The fraction of sp³-hybridized carbons (Fsp3) is 0.138. The van der Waals surface area contributed by atoms with Crippen LogP contribution in [0.15, 0.2) is 95.5 Å². The second-order valence-corrected chi connectivity index (χ2v) is 9.87. The first-order valence-corrected chi connectivity index (χ1v) is 12.4. The molecule has 0 aromatic heterocycles. The Labute approximate surface area is 231 Å². The van der Waals surface area contributed by atoms with Crippen molar-refractivity contribution in [3.8, 4) is 0 Å². The van der Waals surface area contributed by atoms with E-state index < -0.39 is 52.1 Å². The van der Waals surface area contributed by atoms with E-state index in [9.17, 15) is 39.9 Å². The van der Waals surface area contributed by atoms with Crippen molar-refractivity contribution < 1.29 is 39.9 Å².